The third kappa shape index (κ3) is 50.9. The van der Waals surface area contributed by atoms with Gasteiger partial charge in [0.2, 0.25) is 0 Å². The summed E-state index contributed by atoms with van der Waals surface area (Å²) in [5, 5.41) is 9.62. The van der Waals surface area contributed by atoms with Crippen molar-refractivity contribution in [1.82, 2.24) is 0 Å². The number of carbonyl (C=O) groups is 2. The summed E-state index contributed by atoms with van der Waals surface area (Å²) in [7, 11) is 0. The van der Waals surface area contributed by atoms with Crippen LogP contribution in [0.1, 0.15) is 219 Å². The Balaban J connectivity index is 3.54. The minimum atomic E-state index is -0.802. The Morgan fingerprint density at radius 3 is 0.984 bits per heavy atom. The van der Waals surface area contributed by atoms with Gasteiger partial charge in [-0.3, -0.25) is 9.59 Å². The van der Waals surface area contributed by atoms with Crippen LogP contribution < -0.4 is 0 Å². The Bertz CT molecular complexity index is 1320. The molecule has 1 atom stereocenters. The number of aliphatic hydroxyl groups excluding tert-OH is 1. The van der Waals surface area contributed by atoms with Crippen molar-refractivity contribution in [3.63, 3.8) is 0 Å². The molecule has 0 fully saturated rings. The van der Waals surface area contributed by atoms with Crippen molar-refractivity contribution >= 4 is 11.9 Å². The Labute approximate surface area is 394 Å². The molecule has 0 rings (SSSR count). The smallest absolute Gasteiger partial charge is 0.306 e. The average molecular weight is 885 g/mol. The number of hydrogen-bond donors (Lipinski definition) is 1. The van der Waals surface area contributed by atoms with Gasteiger partial charge in [-0.1, -0.05) is 232 Å². The largest absolute Gasteiger partial charge is 0.462 e. The lowest BCUT2D eigenvalue weighted by Crippen LogP contribution is -2.28. The number of aliphatic hydroxyl groups is 1. The molecule has 0 aromatic carbocycles. The number of unbranched alkanes of at least 4 members (excludes halogenated alkanes) is 18. The number of esters is 2. The van der Waals surface area contributed by atoms with E-state index in [9.17, 15) is 14.7 Å². The van der Waals surface area contributed by atoms with Crippen LogP contribution in [-0.4, -0.2) is 36.4 Å². The normalized spacial score (nSPS) is 13.2. The third-order valence-electron chi connectivity index (χ3n) is 10.8. The minimum Gasteiger partial charge on any atom is -0.462 e. The maximum Gasteiger partial charge on any atom is 0.306 e. The number of rotatable bonds is 46. The maximum atomic E-state index is 12.3. The van der Waals surface area contributed by atoms with Gasteiger partial charge in [0.05, 0.1) is 6.61 Å². The summed E-state index contributed by atoms with van der Waals surface area (Å²) in [6, 6.07) is 0. The van der Waals surface area contributed by atoms with Crippen molar-refractivity contribution in [2.75, 3.05) is 13.2 Å². The predicted molar refractivity (Wildman–Crippen MR) is 278 cm³/mol. The van der Waals surface area contributed by atoms with E-state index in [1.807, 2.05) is 0 Å². The Hall–Kier alpha value is -3.70. The fraction of sp³-hybridized carbons (Fsp3) is 0.627. The first-order chi connectivity index (χ1) is 31.6. The SMILES string of the molecule is CC/C=C\C/C=C\C/C=C\C/C=C\C/C=C\CCCCCCCCCCCCCCCCCCCC(=O)OC(CO)COC(=O)CCC/C=C\C/C=C\C/C=C\C/C=C\C/C=C\CC. The van der Waals surface area contributed by atoms with Crippen LogP contribution in [0.4, 0.5) is 0 Å². The topological polar surface area (TPSA) is 72.8 Å². The van der Waals surface area contributed by atoms with Gasteiger partial charge in [0.1, 0.15) is 6.61 Å². The molecule has 1 unspecified atom stereocenters. The van der Waals surface area contributed by atoms with E-state index >= 15 is 0 Å². The van der Waals surface area contributed by atoms with Crippen molar-refractivity contribution in [3.8, 4) is 0 Å². The number of ether oxygens (including phenoxy) is 2. The lowest BCUT2D eigenvalue weighted by molar-refractivity contribution is -0.161. The molecule has 362 valence electrons. The molecule has 0 saturated heterocycles. The fourth-order valence-electron chi connectivity index (χ4n) is 6.91. The van der Waals surface area contributed by atoms with Gasteiger partial charge in [-0.05, 0) is 96.3 Å². The summed E-state index contributed by atoms with van der Waals surface area (Å²) < 4.78 is 10.6. The quantitative estimate of drug-likeness (QED) is 0.0375. The summed E-state index contributed by atoms with van der Waals surface area (Å²) in [6.45, 7) is 3.86. The molecule has 0 aromatic heterocycles. The minimum absolute atomic E-state index is 0.101. The molecule has 0 aromatic rings. The van der Waals surface area contributed by atoms with Crippen LogP contribution in [0.2, 0.25) is 0 Å². The molecular weight excluding hydrogens is 789 g/mol. The van der Waals surface area contributed by atoms with E-state index in [0.29, 0.717) is 19.3 Å². The van der Waals surface area contributed by atoms with Crippen molar-refractivity contribution in [1.29, 1.82) is 0 Å². The summed E-state index contributed by atoms with van der Waals surface area (Å²) in [6.07, 6.45) is 78.8. The molecule has 0 aliphatic carbocycles. The predicted octanol–water partition coefficient (Wildman–Crippen LogP) is 17.5. The second kappa shape index (κ2) is 53.6. The lowest BCUT2D eigenvalue weighted by Gasteiger charge is -2.15. The highest BCUT2D eigenvalue weighted by atomic mass is 16.6. The van der Waals surface area contributed by atoms with E-state index < -0.39 is 6.10 Å². The van der Waals surface area contributed by atoms with E-state index in [4.69, 9.17) is 9.47 Å². The van der Waals surface area contributed by atoms with Crippen LogP contribution >= 0.6 is 0 Å². The second-order valence-electron chi connectivity index (χ2n) is 16.8. The monoisotopic (exact) mass is 885 g/mol. The molecule has 64 heavy (non-hydrogen) atoms. The number of hydrogen-bond acceptors (Lipinski definition) is 5. The van der Waals surface area contributed by atoms with Crippen LogP contribution in [0.15, 0.2) is 122 Å². The van der Waals surface area contributed by atoms with E-state index in [1.54, 1.807) is 0 Å². The first kappa shape index (κ1) is 60.3. The van der Waals surface area contributed by atoms with Crippen molar-refractivity contribution in [3.05, 3.63) is 122 Å². The van der Waals surface area contributed by atoms with Gasteiger partial charge in [-0.2, -0.15) is 0 Å². The zero-order valence-corrected chi connectivity index (χ0v) is 41.2. The van der Waals surface area contributed by atoms with E-state index in [1.165, 1.54) is 96.3 Å². The van der Waals surface area contributed by atoms with Crippen LogP contribution in [0, 0.1) is 0 Å². The standard InChI is InChI=1S/C59H96O5/c1-3-5-7-9-11-13-15-17-19-21-22-23-24-25-26-27-28-29-30-31-32-33-34-35-36-38-40-42-44-46-48-50-52-54-59(62)64-57(55-60)56-63-58(61)53-51-49-47-45-43-41-39-37-20-18-16-14-12-10-8-6-4-2/h5-8,11-14,17-20,22-23,25-26,39,41,45,47,57,60H,3-4,9-10,15-16,21,24,27-38,40,42-44,46,48-56H2,1-2H3/b7-5-,8-6-,13-11-,14-12-,19-17-,20-18-,23-22-,26-25-,41-39-,47-45-. The van der Waals surface area contributed by atoms with E-state index in [0.717, 1.165) is 89.9 Å². The third-order valence-corrected chi connectivity index (χ3v) is 10.8. The van der Waals surface area contributed by atoms with E-state index in [2.05, 4.69) is 135 Å². The Morgan fingerprint density at radius 1 is 0.359 bits per heavy atom. The highest BCUT2D eigenvalue weighted by Crippen LogP contribution is 2.15. The summed E-state index contributed by atoms with van der Waals surface area (Å²) in [4.78, 5) is 24.4. The molecule has 0 radical (unpaired) electrons. The highest BCUT2D eigenvalue weighted by molar-refractivity contribution is 5.70. The lowest BCUT2D eigenvalue weighted by atomic mass is 10.0. The zero-order valence-electron chi connectivity index (χ0n) is 41.2. The molecule has 0 saturated carbocycles. The van der Waals surface area contributed by atoms with Crippen LogP contribution in [0.25, 0.3) is 0 Å². The molecule has 5 nitrogen and oxygen atoms in total. The van der Waals surface area contributed by atoms with Crippen molar-refractivity contribution in [2.45, 2.75) is 225 Å². The molecule has 0 bridgehead atoms. The van der Waals surface area contributed by atoms with Gasteiger partial charge in [-0.15, -0.1) is 0 Å². The van der Waals surface area contributed by atoms with Gasteiger partial charge in [0.25, 0.3) is 0 Å². The molecular formula is C59H96O5. The molecule has 0 aliphatic heterocycles. The Morgan fingerprint density at radius 2 is 0.641 bits per heavy atom. The van der Waals surface area contributed by atoms with Gasteiger partial charge in [-0.25, -0.2) is 0 Å². The van der Waals surface area contributed by atoms with Crippen LogP contribution in [0.3, 0.4) is 0 Å². The molecule has 0 spiro atoms. The van der Waals surface area contributed by atoms with E-state index in [-0.39, 0.29) is 25.2 Å². The van der Waals surface area contributed by atoms with Gasteiger partial charge >= 0.3 is 11.9 Å². The highest BCUT2D eigenvalue weighted by Gasteiger charge is 2.16. The van der Waals surface area contributed by atoms with Gasteiger partial charge < -0.3 is 14.6 Å². The molecule has 0 amide bonds. The summed E-state index contributed by atoms with van der Waals surface area (Å²) in [5.74, 6) is -0.663. The van der Waals surface area contributed by atoms with Crippen LogP contribution in [-0.2, 0) is 19.1 Å². The van der Waals surface area contributed by atoms with Crippen molar-refractivity contribution < 1.29 is 24.2 Å². The summed E-state index contributed by atoms with van der Waals surface area (Å²) >= 11 is 0. The fourth-order valence-corrected chi connectivity index (χ4v) is 6.91. The first-order valence-corrected chi connectivity index (χ1v) is 26.1. The summed E-state index contributed by atoms with van der Waals surface area (Å²) in [5.41, 5.74) is 0. The maximum absolute atomic E-state index is 12.3. The van der Waals surface area contributed by atoms with Gasteiger partial charge in [0.15, 0.2) is 6.10 Å². The number of allylic oxidation sites excluding steroid dienone is 20. The molecule has 0 heterocycles. The molecule has 0 aliphatic rings. The second-order valence-corrected chi connectivity index (χ2v) is 16.8. The van der Waals surface area contributed by atoms with Gasteiger partial charge in [0, 0.05) is 12.8 Å². The number of carbonyl (C=O) groups excluding carboxylic acids is 2. The zero-order chi connectivity index (χ0) is 46.3. The average Bonchev–Trinajstić information content (AvgIpc) is 3.30. The van der Waals surface area contributed by atoms with Crippen molar-refractivity contribution in [2.24, 2.45) is 0 Å². The Kier molecular flexibility index (Phi) is 50.5. The molecule has 5 heteroatoms. The molecule has 1 N–H and O–H groups in total. The first-order valence-electron chi connectivity index (χ1n) is 26.1. The van der Waals surface area contributed by atoms with Crippen LogP contribution in [0.5, 0.6) is 0 Å².